The Labute approximate surface area is 271 Å². The molecule has 4 rings (SSSR count). The van der Waals surface area contributed by atoms with Gasteiger partial charge in [0.2, 0.25) is 17.6 Å². The predicted molar refractivity (Wildman–Crippen MR) is 173 cm³/mol. The third-order valence-corrected chi connectivity index (χ3v) is 9.66. The fraction of sp³-hybridized carbons (Fsp3) is 0.600. The minimum Gasteiger partial charge on any atom is -0.387 e. The highest BCUT2D eigenvalue weighted by molar-refractivity contribution is 5.90. The molecule has 7 N–H and O–H groups in total. The fourth-order valence-electron chi connectivity index (χ4n) is 6.43. The van der Waals surface area contributed by atoms with Crippen molar-refractivity contribution < 1.29 is 39.5 Å². The molecule has 2 aromatic carbocycles. The van der Waals surface area contributed by atoms with Gasteiger partial charge in [0.05, 0.1) is 12.2 Å². The molecule has 2 bridgehead atoms. The number of carbonyl (C=O) groups excluding carboxylic acids is 2. The molecule has 0 spiro atoms. The van der Waals surface area contributed by atoms with Crippen LogP contribution < -0.4 is 11.1 Å². The van der Waals surface area contributed by atoms with E-state index in [-0.39, 0.29) is 18.9 Å². The van der Waals surface area contributed by atoms with Crippen molar-refractivity contribution in [2.45, 2.75) is 107 Å². The molecule has 11 heteroatoms. The van der Waals surface area contributed by atoms with Gasteiger partial charge in [-0.05, 0) is 109 Å². The molecule has 0 saturated carbocycles. The Morgan fingerprint density at radius 1 is 1.02 bits per heavy atom. The maximum absolute atomic E-state index is 12.6. The van der Waals surface area contributed by atoms with E-state index in [9.17, 15) is 30.0 Å². The monoisotopic (exact) mass is 641 g/mol. The SMILES string of the molecule is Cc1ccc([C@]23OC[C@](C(C)(C)O)(O2)[C@@H](O)[C@H](O)[C@H]3O)cc1Cc1ccc(CCCC(=O)NC(C)(CCCN(C)C)C(N)=O)cc1. The molecule has 2 aliphatic heterocycles. The van der Waals surface area contributed by atoms with Crippen LogP contribution in [0.1, 0.15) is 74.3 Å². The van der Waals surface area contributed by atoms with Gasteiger partial charge < -0.3 is 45.9 Å². The van der Waals surface area contributed by atoms with Gasteiger partial charge in [0, 0.05) is 12.0 Å². The van der Waals surface area contributed by atoms with Gasteiger partial charge in [-0.1, -0.05) is 36.4 Å². The van der Waals surface area contributed by atoms with Crippen molar-refractivity contribution in [3.05, 3.63) is 70.3 Å². The number of rotatable bonds is 14. The Kier molecular flexibility index (Phi) is 10.7. The molecule has 11 nitrogen and oxygen atoms in total. The molecule has 0 aliphatic carbocycles. The van der Waals surface area contributed by atoms with Gasteiger partial charge in [-0.25, -0.2) is 0 Å². The second-order valence-electron chi connectivity index (χ2n) is 14.0. The van der Waals surface area contributed by atoms with Crippen LogP contribution in [0, 0.1) is 6.92 Å². The zero-order chi connectivity index (χ0) is 34.1. The van der Waals surface area contributed by atoms with E-state index in [2.05, 4.69) is 5.32 Å². The first-order valence-electron chi connectivity index (χ1n) is 16.0. The first-order chi connectivity index (χ1) is 21.4. The highest BCUT2D eigenvalue weighted by Gasteiger charge is 2.71. The lowest BCUT2D eigenvalue weighted by Gasteiger charge is -2.50. The molecule has 2 amide bonds. The molecule has 0 aromatic heterocycles. The van der Waals surface area contributed by atoms with E-state index in [0.717, 1.165) is 35.2 Å². The van der Waals surface area contributed by atoms with E-state index < -0.39 is 46.7 Å². The number of hydrogen-bond donors (Lipinski definition) is 6. The highest BCUT2D eigenvalue weighted by atomic mass is 16.8. The average molecular weight is 642 g/mol. The van der Waals surface area contributed by atoms with E-state index in [1.54, 1.807) is 13.0 Å². The summed E-state index contributed by atoms with van der Waals surface area (Å²) >= 11 is 0. The van der Waals surface area contributed by atoms with E-state index in [1.165, 1.54) is 13.8 Å². The number of carbonyl (C=O) groups is 2. The second kappa shape index (κ2) is 13.7. The third-order valence-electron chi connectivity index (χ3n) is 9.66. The largest absolute Gasteiger partial charge is 0.387 e. The number of nitrogens with zero attached hydrogens (tertiary/aromatic N) is 1. The number of primary amides is 1. The van der Waals surface area contributed by atoms with Crippen LogP contribution >= 0.6 is 0 Å². The summed E-state index contributed by atoms with van der Waals surface area (Å²) in [6.45, 7) is 7.21. The molecular formula is C35H51N3O8. The van der Waals surface area contributed by atoms with Gasteiger partial charge in [-0.2, -0.15) is 0 Å². The molecule has 254 valence electrons. The molecule has 2 heterocycles. The molecule has 46 heavy (non-hydrogen) atoms. The Bertz CT molecular complexity index is 1390. The Hall–Kier alpha value is -2.90. The number of aryl methyl sites for hydroxylation is 2. The summed E-state index contributed by atoms with van der Waals surface area (Å²) in [6.07, 6.45) is -1.33. The van der Waals surface area contributed by atoms with Crippen molar-refractivity contribution in [1.29, 1.82) is 0 Å². The quantitative estimate of drug-likeness (QED) is 0.178. The summed E-state index contributed by atoms with van der Waals surface area (Å²) in [7, 11) is 3.91. The number of aliphatic hydroxyl groups is 4. The normalized spacial score (nSPS) is 27.4. The van der Waals surface area contributed by atoms with E-state index in [0.29, 0.717) is 31.2 Å². The number of nitrogens with one attached hydrogen (secondary N) is 1. The highest BCUT2D eigenvalue weighted by Crippen LogP contribution is 2.53. The minimum absolute atomic E-state index is 0.197. The molecule has 6 atom stereocenters. The number of hydrogen-bond acceptors (Lipinski definition) is 9. The van der Waals surface area contributed by atoms with Crippen LogP contribution in [0.15, 0.2) is 42.5 Å². The van der Waals surface area contributed by atoms with Crippen LogP contribution in [0.3, 0.4) is 0 Å². The van der Waals surface area contributed by atoms with Crippen molar-refractivity contribution in [3.63, 3.8) is 0 Å². The molecule has 2 aromatic rings. The summed E-state index contributed by atoms with van der Waals surface area (Å²) in [5, 5.41) is 46.3. The van der Waals surface area contributed by atoms with Crippen molar-refractivity contribution in [2.24, 2.45) is 5.73 Å². The van der Waals surface area contributed by atoms with Crippen LogP contribution in [0.2, 0.25) is 0 Å². The molecule has 1 unspecified atom stereocenters. The average Bonchev–Trinajstić information content (AvgIpc) is 3.38. The van der Waals surface area contributed by atoms with E-state index >= 15 is 0 Å². The smallest absolute Gasteiger partial charge is 0.242 e. The van der Waals surface area contributed by atoms with Crippen molar-refractivity contribution in [2.75, 3.05) is 27.2 Å². The molecule has 2 saturated heterocycles. The lowest BCUT2D eigenvalue weighted by molar-refractivity contribution is -0.348. The zero-order valence-corrected chi connectivity index (χ0v) is 27.9. The summed E-state index contributed by atoms with van der Waals surface area (Å²) in [6, 6.07) is 13.7. The number of amides is 2. The number of ether oxygens (including phenoxy) is 2. The summed E-state index contributed by atoms with van der Waals surface area (Å²) in [5.74, 6) is -2.48. The summed E-state index contributed by atoms with van der Waals surface area (Å²) in [5.41, 5.74) is 5.93. The van der Waals surface area contributed by atoms with Gasteiger partial charge in [-0.15, -0.1) is 0 Å². The van der Waals surface area contributed by atoms with Crippen LogP contribution in [0.4, 0.5) is 0 Å². The maximum Gasteiger partial charge on any atom is 0.242 e. The minimum atomic E-state index is -1.75. The van der Waals surface area contributed by atoms with Crippen molar-refractivity contribution >= 4 is 11.8 Å². The number of fused-ring (bicyclic) bond motifs is 2. The Balaban J connectivity index is 1.39. The molecule has 0 radical (unpaired) electrons. The van der Waals surface area contributed by atoms with Gasteiger partial charge in [0.15, 0.2) is 5.60 Å². The standard InChI is InChI=1S/C35H51N3O8/c1-22-11-16-26(35-30(42)28(40)29(41)34(46-35,21-45-35)32(2,3)44)20-25(22)19-24-14-12-23(13-15-24)9-7-10-27(39)37-33(4,31(36)43)17-8-18-38(5)6/h11-16,20,28-30,40-42,44H,7-10,17-19,21H2,1-6H3,(H2,36,43)(H,37,39)/t28-,29-,30+,33?,34-,35-/m0/s1. The topological polar surface area (TPSA) is 175 Å². The van der Waals surface area contributed by atoms with Crippen molar-refractivity contribution in [3.8, 4) is 0 Å². The first kappa shape index (κ1) is 35.9. The van der Waals surface area contributed by atoms with Crippen LogP contribution in [0.25, 0.3) is 0 Å². The lowest BCUT2D eigenvalue weighted by Crippen LogP contribution is -2.70. The Morgan fingerprint density at radius 2 is 1.67 bits per heavy atom. The first-order valence-corrected chi connectivity index (χ1v) is 16.0. The van der Waals surface area contributed by atoms with Crippen LogP contribution in [-0.2, 0) is 37.7 Å². The zero-order valence-electron chi connectivity index (χ0n) is 27.9. The summed E-state index contributed by atoms with van der Waals surface area (Å²) < 4.78 is 12.2. The number of aliphatic hydroxyl groups excluding tert-OH is 3. The van der Waals surface area contributed by atoms with Crippen molar-refractivity contribution in [1.82, 2.24) is 10.2 Å². The van der Waals surface area contributed by atoms with Gasteiger partial charge in [-0.3, -0.25) is 9.59 Å². The number of benzene rings is 2. The van der Waals surface area contributed by atoms with Gasteiger partial charge in [0.25, 0.3) is 0 Å². The van der Waals surface area contributed by atoms with E-state index in [4.69, 9.17) is 15.2 Å². The van der Waals surface area contributed by atoms with Crippen LogP contribution in [0.5, 0.6) is 0 Å². The number of nitrogens with two attached hydrogens (primary N) is 1. The lowest BCUT2D eigenvalue weighted by atomic mass is 9.75. The van der Waals surface area contributed by atoms with Gasteiger partial charge >= 0.3 is 0 Å². The molecule has 2 aliphatic rings. The predicted octanol–water partition coefficient (Wildman–Crippen LogP) is 1.42. The second-order valence-corrected chi connectivity index (χ2v) is 14.0. The van der Waals surface area contributed by atoms with E-state index in [1.807, 2.05) is 62.3 Å². The van der Waals surface area contributed by atoms with Crippen LogP contribution in [-0.4, -0.2) is 99.4 Å². The van der Waals surface area contributed by atoms with Gasteiger partial charge in [0.1, 0.15) is 23.9 Å². The Morgan fingerprint density at radius 3 is 2.28 bits per heavy atom. The molecule has 2 fully saturated rings. The summed E-state index contributed by atoms with van der Waals surface area (Å²) in [4.78, 5) is 26.7. The maximum atomic E-state index is 12.6. The fourth-order valence-corrected chi connectivity index (χ4v) is 6.43. The third kappa shape index (κ3) is 7.16. The molecular weight excluding hydrogens is 590 g/mol.